The topological polar surface area (TPSA) is 155 Å². The minimum absolute atomic E-state index is 0.0203. The lowest BCUT2D eigenvalue weighted by Gasteiger charge is -2.35. The molecule has 13 nitrogen and oxygen atoms in total. The second kappa shape index (κ2) is 14.9. The number of hydrogen-bond acceptors (Lipinski definition) is 11. The summed E-state index contributed by atoms with van der Waals surface area (Å²) in [5.74, 6) is -1.79. The van der Waals surface area contributed by atoms with Crippen LogP contribution in [0.3, 0.4) is 0 Å². The Morgan fingerprint density at radius 3 is 2.40 bits per heavy atom. The van der Waals surface area contributed by atoms with Crippen LogP contribution >= 0.6 is 7.60 Å². The molecule has 50 heavy (non-hydrogen) atoms. The van der Waals surface area contributed by atoms with E-state index in [4.69, 9.17) is 13.8 Å². The number of nitrogens with zero attached hydrogens (tertiary/aromatic N) is 4. The third-order valence-corrected chi connectivity index (χ3v) is 10.8. The van der Waals surface area contributed by atoms with E-state index < -0.39 is 37.2 Å². The number of benzene rings is 2. The second-order valence-corrected chi connectivity index (χ2v) is 14.2. The molecule has 3 N–H and O–H groups in total. The molecule has 1 saturated heterocycles. The van der Waals surface area contributed by atoms with Crippen molar-refractivity contribution in [1.82, 2.24) is 19.8 Å². The van der Waals surface area contributed by atoms with Gasteiger partial charge in [0.1, 0.15) is 23.2 Å². The number of amides is 1. The second-order valence-electron chi connectivity index (χ2n) is 12.1. The van der Waals surface area contributed by atoms with E-state index in [2.05, 4.69) is 20.6 Å². The molecule has 0 aliphatic carbocycles. The van der Waals surface area contributed by atoms with Crippen molar-refractivity contribution in [1.29, 1.82) is 0 Å². The summed E-state index contributed by atoms with van der Waals surface area (Å²) in [4.78, 5) is 36.3. The van der Waals surface area contributed by atoms with Crippen molar-refractivity contribution < 1.29 is 46.2 Å². The lowest BCUT2D eigenvalue weighted by molar-refractivity contribution is -0.144. The van der Waals surface area contributed by atoms with Gasteiger partial charge in [0, 0.05) is 26.3 Å². The summed E-state index contributed by atoms with van der Waals surface area (Å²) >= 11 is 0. The molecule has 3 heterocycles. The van der Waals surface area contributed by atoms with Crippen LogP contribution in [0.5, 0.6) is 5.75 Å². The molecule has 1 aromatic heterocycles. The molecule has 1 unspecified atom stereocenters. The number of nitrogens with one attached hydrogen (secondary N) is 2. The van der Waals surface area contributed by atoms with Crippen molar-refractivity contribution in [2.45, 2.75) is 57.5 Å². The zero-order chi connectivity index (χ0) is 36.4. The van der Waals surface area contributed by atoms with Crippen molar-refractivity contribution in [3.63, 3.8) is 0 Å². The molecule has 2 aromatic carbocycles. The molecule has 1 amide bonds. The van der Waals surface area contributed by atoms with Gasteiger partial charge in [-0.1, -0.05) is 12.1 Å². The Bertz CT molecular complexity index is 1800. The van der Waals surface area contributed by atoms with Gasteiger partial charge in [-0.15, -0.1) is 0 Å². The fraction of sp³-hybridized carbons (Fsp3) is 0.455. The van der Waals surface area contributed by atoms with Crippen LogP contribution < -0.4 is 15.4 Å². The highest BCUT2D eigenvalue weighted by molar-refractivity contribution is 7.53. The minimum Gasteiger partial charge on any atom is -0.495 e. The van der Waals surface area contributed by atoms with E-state index in [9.17, 15) is 32.4 Å². The number of halogens is 3. The van der Waals surface area contributed by atoms with Crippen molar-refractivity contribution >= 4 is 42.6 Å². The lowest BCUT2D eigenvalue weighted by Crippen LogP contribution is -2.44. The maximum atomic E-state index is 14.2. The molecule has 3 aromatic rings. The summed E-state index contributed by atoms with van der Waals surface area (Å²) in [7, 11) is 1.35. The first-order chi connectivity index (χ1) is 23.7. The molecule has 0 bridgehead atoms. The van der Waals surface area contributed by atoms with E-state index >= 15 is 0 Å². The predicted molar refractivity (Wildman–Crippen MR) is 179 cm³/mol. The van der Waals surface area contributed by atoms with Crippen LogP contribution in [0.25, 0.3) is 0 Å². The average molecular weight is 721 g/mol. The minimum atomic E-state index is -4.83. The van der Waals surface area contributed by atoms with Crippen LogP contribution in [0, 0.1) is 0 Å². The van der Waals surface area contributed by atoms with Gasteiger partial charge < -0.3 is 34.4 Å². The van der Waals surface area contributed by atoms with Crippen LogP contribution in [0.1, 0.15) is 65.2 Å². The number of aliphatic carboxylic acids is 1. The predicted octanol–water partition coefficient (Wildman–Crippen LogP) is 6.61. The summed E-state index contributed by atoms with van der Waals surface area (Å²) in [5, 5.41) is 15.2. The SMILES string of the molecule is CCOP(=O)(Cc1ccc(Nc2ncc(C(F)(F)F)c(Nc3ccc(C4CC[C@H](C(=O)O)N(C)C4)c4c3C(=O)N(C)C4)n2)c(OC)c1)OCC. The quantitative estimate of drug-likeness (QED) is 0.163. The van der Waals surface area contributed by atoms with E-state index in [0.29, 0.717) is 42.4 Å². The van der Waals surface area contributed by atoms with Gasteiger partial charge in [0.2, 0.25) is 5.95 Å². The van der Waals surface area contributed by atoms with Gasteiger partial charge in [-0.05, 0) is 74.5 Å². The number of likely N-dealkylation sites (tertiary alicyclic amines) is 1. The Balaban J connectivity index is 1.46. The molecule has 0 radical (unpaired) electrons. The van der Waals surface area contributed by atoms with Crippen LogP contribution in [-0.2, 0) is 37.3 Å². The van der Waals surface area contributed by atoms with Gasteiger partial charge >= 0.3 is 19.7 Å². The number of carboxylic acids is 1. The molecular weight excluding hydrogens is 680 g/mol. The molecule has 1 fully saturated rings. The number of carboxylic acid groups (broad SMARTS) is 1. The lowest BCUT2D eigenvalue weighted by atomic mass is 9.84. The van der Waals surface area contributed by atoms with Gasteiger partial charge in [0.25, 0.3) is 5.91 Å². The van der Waals surface area contributed by atoms with Crippen LogP contribution in [0.15, 0.2) is 36.5 Å². The summed E-state index contributed by atoms with van der Waals surface area (Å²) in [5.41, 5.74) is 1.70. The molecule has 5 rings (SSSR count). The van der Waals surface area contributed by atoms with Gasteiger partial charge in [-0.3, -0.25) is 19.1 Å². The molecule has 2 aliphatic heterocycles. The van der Waals surface area contributed by atoms with Crippen molar-refractivity contribution in [2.75, 3.05) is 51.6 Å². The molecule has 17 heteroatoms. The number of piperidine rings is 1. The smallest absolute Gasteiger partial charge is 0.421 e. The van der Waals surface area contributed by atoms with E-state index in [1.807, 2.05) is 0 Å². The molecule has 0 spiro atoms. The first-order valence-corrected chi connectivity index (χ1v) is 17.8. The van der Waals surface area contributed by atoms with Gasteiger partial charge in [0.05, 0.1) is 43.4 Å². The number of carbonyl (C=O) groups is 2. The number of ether oxygens (including phenoxy) is 1. The fourth-order valence-electron chi connectivity index (χ4n) is 6.45. The monoisotopic (exact) mass is 720 g/mol. The number of alkyl halides is 3. The number of hydrogen-bond donors (Lipinski definition) is 3. The Morgan fingerprint density at radius 1 is 1.08 bits per heavy atom. The Kier molecular flexibility index (Phi) is 11.1. The highest BCUT2D eigenvalue weighted by Crippen LogP contribution is 2.52. The molecule has 2 atom stereocenters. The first kappa shape index (κ1) is 37.0. The summed E-state index contributed by atoms with van der Waals surface area (Å²) in [6.45, 7) is 4.52. The molecular formula is C33H40F3N6O7P. The number of aromatic nitrogens is 2. The van der Waals surface area contributed by atoms with Gasteiger partial charge in [-0.25, -0.2) is 4.98 Å². The van der Waals surface area contributed by atoms with Crippen LogP contribution in [0.4, 0.5) is 36.3 Å². The highest BCUT2D eigenvalue weighted by atomic mass is 31.2. The molecule has 270 valence electrons. The number of anilines is 4. The number of fused-ring (bicyclic) bond motifs is 1. The average Bonchev–Trinajstić information content (AvgIpc) is 3.35. The number of methoxy groups -OCH3 is 1. The standard InChI is InChI=1S/C33H40F3N6O7P/c1-6-48-50(46,49-7-2)18-19-8-11-24(27(14-19)47-5)39-32-37-15-23(33(34,35)36)29(40-32)38-25-12-10-21(22-17-42(4)30(43)28(22)25)20-9-13-26(31(44)45)41(3)16-20/h8,10-12,14-15,20,26H,6-7,9,13,16-18H2,1-5H3,(H,44,45)(H2,37,38,39,40)/t20?,26-/m1/s1. The van der Waals surface area contributed by atoms with Crippen molar-refractivity contribution in [2.24, 2.45) is 0 Å². The normalized spacial score (nSPS) is 18.2. The van der Waals surface area contributed by atoms with E-state index in [1.165, 1.54) is 12.0 Å². The Labute approximate surface area is 287 Å². The Hall–Kier alpha value is -4.24. The van der Waals surface area contributed by atoms with Crippen LogP contribution in [-0.4, -0.2) is 83.8 Å². The zero-order valence-corrected chi connectivity index (χ0v) is 29.2. The number of carbonyl (C=O) groups excluding carboxylic acids is 1. The number of likely N-dealkylation sites (N-methyl/N-ethyl adjacent to an activating group) is 1. The van der Waals surface area contributed by atoms with Crippen molar-refractivity contribution in [3.05, 3.63) is 64.3 Å². The van der Waals surface area contributed by atoms with Crippen molar-refractivity contribution in [3.8, 4) is 5.75 Å². The number of rotatable bonds is 13. The first-order valence-electron chi connectivity index (χ1n) is 16.1. The third kappa shape index (κ3) is 7.88. The van der Waals surface area contributed by atoms with Gasteiger partial charge in [-0.2, -0.15) is 18.2 Å². The van der Waals surface area contributed by atoms with E-state index in [-0.39, 0.29) is 60.7 Å². The summed E-state index contributed by atoms with van der Waals surface area (Å²) in [6, 6.07) is 7.58. The fourth-order valence-corrected chi connectivity index (χ4v) is 8.14. The summed E-state index contributed by atoms with van der Waals surface area (Å²) < 4.78 is 72.0. The molecule has 2 aliphatic rings. The zero-order valence-electron chi connectivity index (χ0n) is 28.3. The highest BCUT2D eigenvalue weighted by Gasteiger charge is 2.38. The largest absolute Gasteiger partial charge is 0.495 e. The van der Waals surface area contributed by atoms with E-state index in [0.717, 1.165) is 5.56 Å². The van der Waals surface area contributed by atoms with E-state index in [1.54, 1.807) is 63.2 Å². The molecule has 0 saturated carbocycles. The maximum absolute atomic E-state index is 14.2. The maximum Gasteiger partial charge on any atom is 0.421 e. The van der Waals surface area contributed by atoms with Crippen LogP contribution in [0.2, 0.25) is 0 Å². The summed E-state index contributed by atoms with van der Waals surface area (Å²) in [6.07, 6.45) is -3.19. The third-order valence-electron chi connectivity index (χ3n) is 8.75. The van der Waals surface area contributed by atoms with Gasteiger partial charge in [0.15, 0.2) is 0 Å². The Morgan fingerprint density at radius 2 is 1.78 bits per heavy atom.